The van der Waals surface area contributed by atoms with Crippen LogP contribution in [0.3, 0.4) is 0 Å². The largest absolute Gasteiger partial charge is 0.383 e. The summed E-state index contributed by atoms with van der Waals surface area (Å²) in [6, 6.07) is 3.52. The van der Waals surface area contributed by atoms with E-state index in [1.54, 1.807) is 6.07 Å². The van der Waals surface area contributed by atoms with Crippen molar-refractivity contribution in [2.24, 2.45) is 0 Å². The highest BCUT2D eigenvalue weighted by Crippen LogP contribution is 2.21. The van der Waals surface area contributed by atoms with Crippen molar-refractivity contribution in [2.75, 3.05) is 33.4 Å². The number of hydrogen-bond donors (Lipinski definition) is 2. The molecule has 0 aliphatic carbocycles. The van der Waals surface area contributed by atoms with Gasteiger partial charge in [-0.1, -0.05) is 6.92 Å². The second-order valence-corrected chi connectivity index (χ2v) is 6.88. The van der Waals surface area contributed by atoms with E-state index in [0.717, 1.165) is 24.4 Å². The van der Waals surface area contributed by atoms with Crippen molar-refractivity contribution < 1.29 is 13.2 Å². The normalized spacial score (nSPS) is 11.9. The van der Waals surface area contributed by atoms with Gasteiger partial charge in [0, 0.05) is 18.5 Å². The fraction of sp³-hybridized carbons (Fsp3) is 0.636. The molecule has 0 atom stereocenters. The van der Waals surface area contributed by atoms with Crippen molar-refractivity contribution in [3.05, 3.63) is 17.0 Å². The van der Waals surface area contributed by atoms with Gasteiger partial charge < -0.3 is 10.1 Å². The lowest BCUT2D eigenvalue weighted by Gasteiger charge is -2.03. The average Bonchev–Trinajstić information content (AvgIpc) is 2.79. The molecule has 0 saturated carbocycles. The number of likely N-dealkylation sites (N-methyl/N-ethyl adjacent to an activating group) is 1. The van der Waals surface area contributed by atoms with Crippen LogP contribution in [-0.2, 0) is 21.2 Å². The molecule has 0 radical (unpaired) electrons. The summed E-state index contributed by atoms with van der Waals surface area (Å²) in [5.74, 6) is 0. The first-order valence-corrected chi connectivity index (χ1v) is 8.18. The quantitative estimate of drug-likeness (QED) is 0.662. The van der Waals surface area contributed by atoms with Gasteiger partial charge in [-0.3, -0.25) is 0 Å². The SMILES string of the molecule is CCNCCc1ccc(S(=O)(=O)NCCOC)s1. The minimum atomic E-state index is -3.37. The highest BCUT2D eigenvalue weighted by Gasteiger charge is 2.15. The summed E-state index contributed by atoms with van der Waals surface area (Å²) in [6.45, 7) is 4.51. The summed E-state index contributed by atoms with van der Waals surface area (Å²) in [6.07, 6.45) is 0.853. The van der Waals surface area contributed by atoms with Crippen LogP contribution in [0.25, 0.3) is 0 Å². The fourth-order valence-corrected chi connectivity index (χ4v) is 3.79. The van der Waals surface area contributed by atoms with Crippen molar-refractivity contribution in [3.63, 3.8) is 0 Å². The summed E-state index contributed by atoms with van der Waals surface area (Å²) < 4.78 is 31.4. The molecule has 0 aliphatic heterocycles. The molecule has 5 nitrogen and oxygen atoms in total. The van der Waals surface area contributed by atoms with Crippen LogP contribution >= 0.6 is 11.3 Å². The van der Waals surface area contributed by atoms with Crippen LogP contribution in [0.1, 0.15) is 11.8 Å². The van der Waals surface area contributed by atoms with E-state index in [0.29, 0.717) is 17.4 Å². The molecule has 1 aromatic rings. The topological polar surface area (TPSA) is 67.4 Å². The molecule has 18 heavy (non-hydrogen) atoms. The molecule has 2 N–H and O–H groups in total. The van der Waals surface area contributed by atoms with Crippen LogP contribution in [0.2, 0.25) is 0 Å². The average molecular weight is 292 g/mol. The van der Waals surface area contributed by atoms with E-state index in [4.69, 9.17) is 4.74 Å². The molecule has 1 aromatic heterocycles. The van der Waals surface area contributed by atoms with E-state index in [9.17, 15) is 8.42 Å². The Morgan fingerprint density at radius 1 is 1.33 bits per heavy atom. The van der Waals surface area contributed by atoms with Gasteiger partial charge in [0.25, 0.3) is 0 Å². The molecule has 0 spiro atoms. The van der Waals surface area contributed by atoms with Gasteiger partial charge in [0.05, 0.1) is 6.61 Å². The minimum absolute atomic E-state index is 0.295. The highest BCUT2D eigenvalue weighted by molar-refractivity contribution is 7.91. The lowest BCUT2D eigenvalue weighted by atomic mass is 10.3. The predicted octanol–water partition coefficient (Wildman–Crippen LogP) is 0.825. The van der Waals surface area contributed by atoms with Gasteiger partial charge in [0.15, 0.2) is 0 Å². The van der Waals surface area contributed by atoms with Gasteiger partial charge in [0.2, 0.25) is 10.0 Å². The first-order chi connectivity index (χ1) is 8.60. The zero-order valence-corrected chi connectivity index (χ0v) is 12.4. The number of thiophene rings is 1. The Labute approximate surface area is 113 Å². The summed E-state index contributed by atoms with van der Waals surface area (Å²) in [5, 5.41) is 3.21. The maximum atomic E-state index is 11.9. The van der Waals surface area contributed by atoms with Crippen molar-refractivity contribution in [3.8, 4) is 0 Å². The molecule has 0 bridgehead atoms. The maximum absolute atomic E-state index is 11.9. The van der Waals surface area contributed by atoms with Gasteiger partial charge >= 0.3 is 0 Å². The van der Waals surface area contributed by atoms with E-state index < -0.39 is 10.0 Å². The molecular formula is C11H20N2O3S2. The number of hydrogen-bond acceptors (Lipinski definition) is 5. The van der Waals surface area contributed by atoms with E-state index in [-0.39, 0.29) is 0 Å². The first kappa shape index (κ1) is 15.6. The number of methoxy groups -OCH3 is 1. The van der Waals surface area contributed by atoms with E-state index >= 15 is 0 Å². The predicted molar refractivity (Wildman–Crippen MR) is 73.6 cm³/mol. The van der Waals surface area contributed by atoms with Gasteiger partial charge in [0.1, 0.15) is 4.21 Å². The van der Waals surface area contributed by atoms with Gasteiger partial charge in [-0.2, -0.15) is 0 Å². The Morgan fingerprint density at radius 2 is 2.11 bits per heavy atom. The Kier molecular flexibility index (Phi) is 6.80. The Balaban J connectivity index is 2.55. The summed E-state index contributed by atoms with van der Waals surface area (Å²) in [5.41, 5.74) is 0. The standard InChI is InChI=1S/C11H20N2O3S2/c1-3-12-7-6-10-4-5-11(17-10)18(14,15)13-8-9-16-2/h4-5,12-13H,3,6-9H2,1-2H3. The zero-order valence-electron chi connectivity index (χ0n) is 10.7. The molecule has 0 fully saturated rings. The highest BCUT2D eigenvalue weighted by atomic mass is 32.2. The Bertz CT molecular complexity index is 443. The van der Waals surface area contributed by atoms with Crippen molar-refractivity contribution in [1.29, 1.82) is 0 Å². The molecule has 0 amide bonds. The lowest BCUT2D eigenvalue weighted by molar-refractivity contribution is 0.204. The molecule has 0 aliphatic rings. The smallest absolute Gasteiger partial charge is 0.250 e. The molecular weight excluding hydrogens is 272 g/mol. The molecule has 7 heteroatoms. The van der Waals surface area contributed by atoms with Crippen LogP contribution in [0.4, 0.5) is 0 Å². The Morgan fingerprint density at radius 3 is 2.78 bits per heavy atom. The van der Waals surface area contributed by atoms with Gasteiger partial charge in [-0.25, -0.2) is 13.1 Å². The fourth-order valence-electron chi connectivity index (χ4n) is 1.37. The number of rotatable bonds is 9. The molecule has 104 valence electrons. The zero-order chi connectivity index (χ0) is 13.4. The van der Waals surface area contributed by atoms with Crippen LogP contribution in [-0.4, -0.2) is 41.8 Å². The van der Waals surface area contributed by atoms with Crippen LogP contribution in [0.15, 0.2) is 16.3 Å². The third kappa shape index (κ3) is 5.03. The first-order valence-electron chi connectivity index (χ1n) is 5.88. The third-order valence-electron chi connectivity index (χ3n) is 2.30. The molecule has 0 saturated heterocycles. The minimum Gasteiger partial charge on any atom is -0.383 e. The number of sulfonamides is 1. The molecule has 1 rings (SSSR count). The third-order valence-corrected chi connectivity index (χ3v) is 5.40. The lowest BCUT2D eigenvalue weighted by Crippen LogP contribution is -2.26. The van der Waals surface area contributed by atoms with Gasteiger partial charge in [-0.15, -0.1) is 11.3 Å². The van der Waals surface area contributed by atoms with E-state index in [1.165, 1.54) is 18.4 Å². The molecule has 0 aromatic carbocycles. The summed E-state index contributed by atoms with van der Waals surface area (Å²) in [7, 11) is -1.83. The molecule has 1 heterocycles. The number of nitrogens with one attached hydrogen (secondary N) is 2. The Hall–Kier alpha value is -0.470. The van der Waals surface area contributed by atoms with Crippen LogP contribution < -0.4 is 10.0 Å². The summed E-state index contributed by atoms with van der Waals surface area (Å²) in [4.78, 5) is 1.07. The summed E-state index contributed by atoms with van der Waals surface area (Å²) >= 11 is 1.32. The van der Waals surface area contributed by atoms with Crippen LogP contribution in [0, 0.1) is 0 Å². The molecule has 0 unspecified atom stereocenters. The monoisotopic (exact) mass is 292 g/mol. The van der Waals surface area contributed by atoms with Gasteiger partial charge in [-0.05, 0) is 31.6 Å². The second-order valence-electron chi connectivity index (χ2n) is 3.71. The number of ether oxygens (including phenoxy) is 1. The van der Waals surface area contributed by atoms with Crippen molar-refractivity contribution >= 4 is 21.4 Å². The van der Waals surface area contributed by atoms with Crippen LogP contribution in [0.5, 0.6) is 0 Å². The van der Waals surface area contributed by atoms with Crippen molar-refractivity contribution in [1.82, 2.24) is 10.0 Å². The second kappa shape index (κ2) is 7.85. The van der Waals surface area contributed by atoms with E-state index in [1.807, 2.05) is 13.0 Å². The van der Waals surface area contributed by atoms with Crippen molar-refractivity contribution in [2.45, 2.75) is 17.6 Å². The van der Waals surface area contributed by atoms with E-state index in [2.05, 4.69) is 10.0 Å². The maximum Gasteiger partial charge on any atom is 0.250 e.